The Labute approximate surface area is 180 Å². The molecule has 0 spiro atoms. The average Bonchev–Trinajstić information content (AvgIpc) is 2.78. The molecule has 1 saturated heterocycles. The van der Waals surface area contributed by atoms with Crippen LogP contribution in [0.5, 0.6) is 0 Å². The first-order chi connectivity index (χ1) is 14.9. The molecule has 1 atom stereocenters. The van der Waals surface area contributed by atoms with Gasteiger partial charge >= 0.3 is 0 Å². The molecule has 1 aliphatic rings. The summed E-state index contributed by atoms with van der Waals surface area (Å²) in [4.78, 5) is 27.3. The minimum absolute atomic E-state index is 0.00902. The van der Waals surface area contributed by atoms with Crippen LogP contribution < -0.4 is 15.8 Å². The van der Waals surface area contributed by atoms with Crippen molar-refractivity contribution < 1.29 is 9.18 Å². The van der Waals surface area contributed by atoms with Crippen LogP contribution in [0.25, 0.3) is 5.69 Å². The van der Waals surface area contributed by atoms with E-state index in [4.69, 9.17) is 0 Å². The van der Waals surface area contributed by atoms with Gasteiger partial charge in [-0.25, -0.2) is 4.39 Å². The number of rotatable bonds is 4. The molecule has 2 heterocycles. The zero-order valence-electron chi connectivity index (χ0n) is 17.6. The van der Waals surface area contributed by atoms with E-state index in [1.165, 1.54) is 35.0 Å². The summed E-state index contributed by atoms with van der Waals surface area (Å²) >= 11 is 0. The Morgan fingerprint density at radius 1 is 1.10 bits per heavy atom. The van der Waals surface area contributed by atoms with Crippen molar-refractivity contribution in [1.82, 2.24) is 9.78 Å². The van der Waals surface area contributed by atoms with E-state index in [0.29, 0.717) is 18.1 Å². The van der Waals surface area contributed by atoms with Crippen LogP contribution in [0.4, 0.5) is 15.9 Å². The summed E-state index contributed by atoms with van der Waals surface area (Å²) in [6.07, 6.45) is 1.65. The zero-order valence-corrected chi connectivity index (χ0v) is 17.6. The Balaban J connectivity index is 1.52. The lowest BCUT2D eigenvalue weighted by Gasteiger charge is -2.33. The first kappa shape index (κ1) is 20.8. The van der Waals surface area contributed by atoms with Gasteiger partial charge in [-0.05, 0) is 74.2 Å². The van der Waals surface area contributed by atoms with E-state index in [-0.39, 0.29) is 23.2 Å². The standard InChI is InChI=1S/C24H25FN4O2/c1-16-5-3-7-21(17(16)2)26-24(31)18-6-4-14-28(15-18)22-12-13-23(30)29(27-22)20-10-8-19(25)9-11-20/h3,5,7-13,18H,4,6,14-15H2,1-2H3,(H,26,31). The fourth-order valence-corrected chi connectivity index (χ4v) is 3.86. The molecule has 1 unspecified atom stereocenters. The van der Waals surface area contributed by atoms with Gasteiger partial charge in [0.25, 0.3) is 5.56 Å². The molecule has 1 aliphatic heterocycles. The summed E-state index contributed by atoms with van der Waals surface area (Å²) < 4.78 is 14.5. The Morgan fingerprint density at radius 2 is 1.87 bits per heavy atom. The first-order valence-electron chi connectivity index (χ1n) is 10.4. The van der Waals surface area contributed by atoms with E-state index in [0.717, 1.165) is 36.2 Å². The highest BCUT2D eigenvalue weighted by Gasteiger charge is 2.27. The number of carbonyl (C=O) groups excluding carboxylic acids is 1. The maximum Gasteiger partial charge on any atom is 0.271 e. The summed E-state index contributed by atoms with van der Waals surface area (Å²) in [5, 5.41) is 7.54. The van der Waals surface area contributed by atoms with Gasteiger partial charge in [0.2, 0.25) is 5.91 Å². The molecule has 160 valence electrons. The van der Waals surface area contributed by atoms with Crippen LogP contribution in [0, 0.1) is 25.6 Å². The highest BCUT2D eigenvalue weighted by molar-refractivity contribution is 5.93. The van der Waals surface area contributed by atoms with Crippen molar-refractivity contribution in [2.75, 3.05) is 23.3 Å². The maximum atomic E-state index is 13.2. The van der Waals surface area contributed by atoms with E-state index in [1.807, 2.05) is 36.9 Å². The number of aromatic nitrogens is 2. The number of halogens is 1. The lowest BCUT2D eigenvalue weighted by atomic mass is 9.96. The summed E-state index contributed by atoms with van der Waals surface area (Å²) in [5.41, 5.74) is 3.24. The largest absolute Gasteiger partial charge is 0.354 e. The van der Waals surface area contributed by atoms with Crippen molar-refractivity contribution in [3.8, 4) is 5.69 Å². The van der Waals surface area contributed by atoms with Crippen LogP contribution in [0.2, 0.25) is 0 Å². The van der Waals surface area contributed by atoms with Gasteiger partial charge < -0.3 is 10.2 Å². The molecule has 31 heavy (non-hydrogen) atoms. The number of piperidine rings is 1. The Morgan fingerprint density at radius 3 is 2.65 bits per heavy atom. The van der Waals surface area contributed by atoms with Crippen molar-refractivity contribution in [1.29, 1.82) is 0 Å². The highest BCUT2D eigenvalue weighted by atomic mass is 19.1. The number of hydrogen-bond donors (Lipinski definition) is 1. The topological polar surface area (TPSA) is 67.2 Å². The minimum Gasteiger partial charge on any atom is -0.354 e. The monoisotopic (exact) mass is 420 g/mol. The van der Waals surface area contributed by atoms with Crippen LogP contribution in [0.3, 0.4) is 0 Å². The number of benzene rings is 2. The van der Waals surface area contributed by atoms with Crippen LogP contribution in [0.15, 0.2) is 59.4 Å². The fraction of sp³-hybridized carbons (Fsp3) is 0.292. The second-order valence-corrected chi connectivity index (χ2v) is 7.94. The molecule has 2 aromatic carbocycles. The Kier molecular flexibility index (Phi) is 5.84. The second-order valence-electron chi connectivity index (χ2n) is 7.94. The van der Waals surface area contributed by atoms with E-state index < -0.39 is 0 Å². The van der Waals surface area contributed by atoms with Crippen molar-refractivity contribution in [3.05, 3.63) is 81.9 Å². The molecule has 6 nitrogen and oxygen atoms in total. The van der Waals surface area contributed by atoms with Gasteiger partial charge in [0.1, 0.15) is 11.6 Å². The fourth-order valence-electron chi connectivity index (χ4n) is 3.86. The molecule has 4 rings (SSSR count). The minimum atomic E-state index is -0.373. The molecular formula is C24H25FN4O2. The van der Waals surface area contributed by atoms with Crippen molar-refractivity contribution in [3.63, 3.8) is 0 Å². The molecule has 1 N–H and O–H groups in total. The molecule has 1 amide bonds. The predicted octanol–water partition coefficient (Wildman–Crippen LogP) is 3.84. The molecule has 1 fully saturated rings. The molecular weight excluding hydrogens is 395 g/mol. The third-order valence-corrected chi connectivity index (χ3v) is 5.84. The van der Waals surface area contributed by atoms with Crippen molar-refractivity contribution in [2.24, 2.45) is 5.92 Å². The Hall–Kier alpha value is -3.48. The third kappa shape index (κ3) is 4.50. The van der Waals surface area contributed by atoms with Crippen LogP contribution in [-0.4, -0.2) is 28.8 Å². The van der Waals surface area contributed by atoms with E-state index in [9.17, 15) is 14.0 Å². The highest BCUT2D eigenvalue weighted by Crippen LogP contribution is 2.24. The number of hydrogen-bond acceptors (Lipinski definition) is 4. The first-order valence-corrected chi connectivity index (χ1v) is 10.4. The molecule has 3 aromatic rings. The van der Waals surface area contributed by atoms with Crippen molar-refractivity contribution in [2.45, 2.75) is 26.7 Å². The SMILES string of the molecule is Cc1cccc(NC(=O)C2CCCN(c3ccc(=O)n(-c4ccc(F)cc4)n3)C2)c1C. The normalized spacial score (nSPS) is 16.2. The van der Waals surface area contributed by atoms with Crippen LogP contribution >= 0.6 is 0 Å². The number of anilines is 2. The average molecular weight is 420 g/mol. The summed E-state index contributed by atoms with van der Waals surface area (Å²) in [5.74, 6) is 0.0572. The lowest BCUT2D eigenvalue weighted by molar-refractivity contribution is -0.120. The van der Waals surface area contributed by atoms with E-state index in [1.54, 1.807) is 6.07 Å². The molecule has 0 saturated carbocycles. The molecule has 1 aromatic heterocycles. The summed E-state index contributed by atoms with van der Waals surface area (Å²) in [7, 11) is 0. The van der Waals surface area contributed by atoms with E-state index in [2.05, 4.69) is 10.4 Å². The molecule has 0 radical (unpaired) electrons. The second kappa shape index (κ2) is 8.71. The maximum absolute atomic E-state index is 13.2. The third-order valence-electron chi connectivity index (χ3n) is 5.84. The van der Waals surface area contributed by atoms with Gasteiger partial charge in [0, 0.05) is 24.8 Å². The van der Waals surface area contributed by atoms with Crippen LogP contribution in [-0.2, 0) is 4.79 Å². The smallest absolute Gasteiger partial charge is 0.271 e. The quantitative estimate of drug-likeness (QED) is 0.696. The number of nitrogens with one attached hydrogen (secondary N) is 1. The van der Waals surface area contributed by atoms with Gasteiger partial charge in [-0.3, -0.25) is 9.59 Å². The van der Waals surface area contributed by atoms with Gasteiger partial charge in [-0.1, -0.05) is 12.1 Å². The van der Waals surface area contributed by atoms with Crippen LogP contribution in [0.1, 0.15) is 24.0 Å². The predicted molar refractivity (Wildman–Crippen MR) is 119 cm³/mol. The summed E-state index contributed by atoms with van der Waals surface area (Å²) in [6, 6.07) is 14.6. The number of carbonyl (C=O) groups is 1. The summed E-state index contributed by atoms with van der Waals surface area (Å²) in [6.45, 7) is 5.29. The Bertz CT molecular complexity index is 1160. The molecule has 7 heteroatoms. The van der Waals surface area contributed by atoms with Crippen molar-refractivity contribution >= 4 is 17.4 Å². The number of nitrogens with zero attached hydrogens (tertiary/aromatic N) is 3. The van der Waals surface area contributed by atoms with Gasteiger partial charge in [0.15, 0.2) is 0 Å². The molecule has 0 aliphatic carbocycles. The van der Waals surface area contributed by atoms with Gasteiger partial charge in [0.05, 0.1) is 11.6 Å². The van der Waals surface area contributed by atoms with E-state index >= 15 is 0 Å². The zero-order chi connectivity index (χ0) is 22.0. The van der Waals surface area contributed by atoms with Gasteiger partial charge in [-0.15, -0.1) is 5.10 Å². The molecule has 0 bridgehead atoms. The number of amides is 1. The number of aryl methyl sites for hydroxylation is 1. The lowest BCUT2D eigenvalue weighted by Crippen LogP contribution is -2.42. The van der Waals surface area contributed by atoms with Gasteiger partial charge in [-0.2, -0.15) is 4.68 Å².